The summed E-state index contributed by atoms with van der Waals surface area (Å²) < 4.78 is 0. The second kappa shape index (κ2) is 4.00. The molecule has 0 aliphatic rings. The van der Waals surface area contributed by atoms with Gasteiger partial charge in [-0.2, -0.15) is 0 Å². The van der Waals surface area contributed by atoms with Gasteiger partial charge in [-0.1, -0.05) is 29.7 Å². The van der Waals surface area contributed by atoms with Crippen molar-refractivity contribution in [3.05, 3.63) is 35.9 Å². The average molecular weight is 215 g/mol. The first-order chi connectivity index (χ1) is 5.58. The van der Waals surface area contributed by atoms with Crippen molar-refractivity contribution in [1.82, 2.24) is 0 Å². The molecule has 0 amide bonds. The van der Waals surface area contributed by atoms with Gasteiger partial charge in [0.25, 0.3) is 0 Å². The van der Waals surface area contributed by atoms with Gasteiger partial charge in [0.05, 0.1) is 0 Å². The molecule has 62 valence electrons. The molecular formula is C9H8Cl2Si. The van der Waals surface area contributed by atoms with E-state index in [1.54, 1.807) is 6.55 Å². The molecule has 0 spiro atoms. The van der Waals surface area contributed by atoms with E-state index >= 15 is 0 Å². The van der Waals surface area contributed by atoms with Crippen molar-refractivity contribution in [2.24, 2.45) is 0 Å². The van der Waals surface area contributed by atoms with Crippen LogP contribution in [-0.2, 0) is 0 Å². The van der Waals surface area contributed by atoms with Crippen molar-refractivity contribution in [2.45, 2.75) is 6.55 Å². The third-order valence-corrected chi connectivity index (χ3v) is 2.33. The molecule has 0 saturated heterocycles. The molecule has 0 bridgehead atoms. The van der Waals surface area contributed by atoms with E-state index in [1.165, 1.54) is 0 Å². The van der Waals surface area contributed by atoms with Gasteiger partial charge in [0, 0.05) is 5.56 Å². The van der Waals surface area contributed by atoms with Crippen molar-refractivity contribution >= 4 is 28.9 Å². The number of rotatable bonds is 0. The molecule has 0 nitrogen and oxygen atoms in total. The molecule has 12 heavy (non-hydrogen) atoms. The van der Waals surface area contributed by atoms with Crippen LogP contribution in [-0.4, -0.2) is 6.69 Å². The van der Waals surface area contributed by atoms with Crippen LogP contribution in [0.5, 0.6) is 0 Å². The van der Waals surface area contributed by atoms with E-state index in [9.17, 15) is 0 Å². The average Bonchev–Trinajstić information content (AvgIpc) is 2.02. The first kappa shape index (κ1) is 9.66. The summed E-state index contributed by atoms with van der Waals surface area (Å²) in [5, 5.41) is 0. The highest BCUT2D eigenvalue weighted by Gasteiger charge is 2.15. The summed E-state index contributed by atoms with van der Waals surface area (Å²) >= 11 is 11.6. The third kappa shape index (κ3) is 3.82. The van der Waals surface area contributed by atoms with E-state index in [1.807, 2.05) is 30.3 Å². The summed E-state index contributed by atoms with van der Waals surface area (Å²) in [4.78, 5) is 0. The van der Waals surface area contributed by atoms with Gasteiger partial charge in [-0.25, -0.2) is 0 Å². The Morgan fingerprint density at radius 3 is 2.25 bits per heavy atom. The van der Waals surface area contributed by atoms with Gasteiger partial charge >= 0.3 is 6.69 Å². The van der Waals surface area contributed by atoms with Crippen LogP contribution < -0.4 is 0 Å². The van der Waals surface area contributed by atoms with Crippen LogP contribution in [0, 0.1) is 11.5 Å². The molecule has 0 aliphatic heterocycles. The van der Waals surface area contributed by atoms with E-state index in [4.69, 9.17) is 22.2 Å². The van der Waals surface area contributed by atoms with Crippen LogP contribution in [0.2, 0.25) is 6.55 Å². The van der Waals surface area contributed by atoms with Gasteiger partial charge in [-0.05, 0) is 18.7 Å². The van der Waals surface area contributed by atoms with Gasteiger partial charge in [-0.3, -0.25) is 0 Å². The molecule has 1 aromatic rings. The minimum Gasteiger partial charge on any atom is -0.130 e. The van der Waals surface area contributed by atoms with Crippen LogP contribution in [0.15, 0.2) is 30.3 Å². The molecule has 0 atom stereocenters. The highest BCUT2D eigenvalue weighted by Crippen LogP contribution is 2.11. The standard InChI is InChI=1S/C9H8Cl2Si/c1-12(10,11)8-7-9-5-3-2-4-6-9/h2-6H,1H3. The lowest BCUT2D eigenvalue weighted by Crippen LogP contribution is -2.08. The van der Waals surface area contributed by atoms with Crippen molar-refractivity contribution in [2.75, 3.05) is 0 Å². The highest BCUT2D eigenvalue weighted by atomic mass is 35.7. The maximum absolute atomic E-state index is 5.81. The van der Waals surface area contributed by atoms with E-state index in [0.717, 1.165) is 5.56 Å². The Morgan fingerprint density at radius 2 is 1.75 bits per heavy atom. The van der Waals surface area contributed by atoms with Gasteiger partial charge in [0.15, 0.2) is 0 Å². The van der Waals surface area contributed by atoms with Gasteiger partial charge in [0.1, 0.15) is 0 Å². The topological polar surface area (TPSA) is 0 Å². The van der Waals surface area contributed by atoms with E-state index in [2.05, 4.69) is 11.5 Å². The van der Waals surface area contributed by atoms with Gasteiger partial charge in [0.2, 0.25) is 0 Å². The van der Waals surface area contributed by atoms with Crippen molar-refractivity contribution < 1.29 is 0 Å². The Morgan fingerprint density at radius 1 is 1.17 bits per heavy atom. The van der Waals surface area contributed by atoms with Crippen LogP contribution in [0.1, 0.15) is 5.56 Å². The van der Waals surface area contributed by atoms with E-state index in [0.29, 0.717) is 0 Å². The molecule has 0 N–H and O–H groups in total. The highest BCUT2D eigenvalue weighted by molar-refractivity contribution is 7.48. The molecule has 0 aromatic heterocycles. The van der Waals surface area contributed by atoms with Crippen molar-refractivity contribution in [3.63, 3.8) is 0 Å². The van der Waals surface area contributed by atoms with Gasteiger partial charge < -0.3 is 0 Å². The molecule has 0 aliphatic carbocycles. The number of hydrogen-bond donors (Lipinski definition) is 0. The van der Waals surface area contributed by atoms with Crippen LogP contribution in [0.4, 0.5) is 0 Å². The molecule has 3 heteroatoms. The first-order valence-electron chi connectivity index (χ1n) is 3.54. The number of hydrogen-bond acceptors (Lipinski definition) is 0. The maximum Gasteiger partial charge on any atom is 0.322 e. The van der Waals surface area contributed by atoms with Crippen molar-refractivity contribution in [3.8, 4) is 11.5 Å². The SMILES string of the molecule is C[Si](Cl)(Cl)C#Cc1ccccc1. The second-order valence-electron chi connectivity index (χ2n) is 2.50. The monoisotopic (exact) mass is 214 g/mol. The fraction of sp³-hybridized carbons (Fsp3) is 0.111. The van der Waals surface area contributed by atoms with Crippen LogP contribution in [0.25, 0.3) is 0 Å². The lowest BCUT2D eigenvalue weighted by Gasteiger charge is -1.96. The molecular weight excluding hydrogens is 207 g/mol. The lowest BCUT2D eigenvalue weighted by molar-refractivity contribution is 1.65. The summed E-state index contributed by atoms with van der Waals surface area (Å²) in [6.07, 6.45) is 0. The minimum atomic E-state index is -2.26. The fourth-order valence-electron chi connectivity index (χ4n) is 0.703. The summed E-state index contributed by atoms with van der Waals surface area (Å²) in [6, 6.07) is 9.68. The molecule has 1 rings (SSSR count). The smallest absolute Gasteiger partial charge is 0.130 e. The normalized spacial score (nSPS) is 10.2. The first-order valence-corrected chi connectivity index (χ1v) is 8.06. The van der Waals surface area contributed by atoms with E-state index in [-0.39, 0.29) is 0 Å². The third-order valence-electron chi connectivity index (χ3n) is 1.20. The summed E-state index contributed by atoms with van der Waals surface area (Å²) in [7, 11) is 0. The Hall–Kier alpha value is -0.423. The van der Waals surface area contributed by atoms with Crippen LogP contribution in [0.3, 0.4) is 0 Å². The Balaban J connectivity index is 2.81. The molecule has 0 unspecified atom stereocenters. The number of benzene rings is 1. The lowest BCUT2D eigenvalue weighted by atomic mass is 10.2. The molecule has 0 fully saturated rings. The largest absolute Gasteiger partial charge is 0.322 e. The molecule has 1 aromatic carbocycles. The molecule has 0 saturated carbocycles. The Kier molecular flexibility index (Phi) is 3.22. The predicted octanol–water partition coefficient (Wildman–Crippen LogP) is 3.13. The summed E-state index contributed by atoms with van der Waals surface area (Å²) in [5.41, 5.74) is 3.81. The fourth-order valence-corrected chi connectivity index (χ4v) is 1.35. The zero-order chi connectivity index (χ0) is 9.03. The van der Waals surface area contributed by atoms with Crippen molar-refractivity contribution in [1.29, 1.82) is 0 Å². The minimum absolute atomic E-state index is 0.956. The number of halogens is 2. The maximum atomic E-state index is 5.81. The van der Waals surface area contributed by atoms with E-state index < -0.39 is 6.69 Å². The zero-order valence-corrected chi connectivity index (χ0v) is 9.15. The second-order valence-corrected chi connectivity index (χ2v) is 9.65. The summed E-state index contributed by atoms with van der Waals surface area (Å²) in [5.74, 6) is 2.93. The molecule has 0 heterocycles. The van der Waals surface area contributed by atoms with Crippen LogP contribution >= 0.6 is 22.2 Å². The Bertz CT molecular complexity index is 303. The predicted molar refractivity (Wildman–Crippen MR) is 56.6 cm³/mol. The zero-order valence-electron chi connectivity index (χ0n) is 6.64. The van der Waals surface area contributed by atoms with Gasteiger partial charge in [-0.15, -0.1) is 22.2 Å². The summed E-state index contributed by atoms with van der Waals surface area (Å²) in [6.45, 7) is -0.473. The Labute approximate surface area is 82.9 Å². The molecule has 0 radical (unpaired) electrons. The quantitative estimate of drug-likeness (QED) is 0.354.